The zero-order valence-corrected chi connectivity index (χ0v) is 17.2. The largest absolute Gasteiger partial charge is 0.493 e. The lowest BCUT2D eigenvalue weighted by Crippen LogP contribution is -2.33. The van der Waals surface area contributed by atoms with E-state index in [9.17, 15) is 9.59 Å². The zero-order chi connectivity index (χ0) is 20.5. The van der Waals surface area contributed by atoms with Crippen LogP contribution in [0.5, 0.6) is 11.5 Å². The van der Waals surface area contributed by atoms with E-state index in [0.717, 1.165) is 10.5 Å². The highest BCUT2D eigenvalue weighted by Gasteiger charge is 2.12. The summed E-state index contributed by atoms with van der Waals surface area (Å²) in [6.07, 6.45) is 3.60. The summed E-state index contributed by atoms with van der Waals surface area (Å²) in [7, 11) is 3.09. The first-order valence-corrected chi connectivity index (χ1v) is 9.81. The van der Waals surface area contributed by atoms with Gasteiger partial charge in [0, 0.05) is 18.4 Å². The maximum Gasteiger partial charge on any atom is 0.268 e. The first-order valence-electron chi connectivity index (χ1n) is 8.59. The number of thioether (sulfide) groups is 1. The topological polar surface area (TPSA) is 76.7 Å². The molecule has 2 rings (SSSR count). The highest BCUT2D eigenvalue weighted by Crippen LogP contribution is 2.28. The van der Waals surface area contributed by atoms with Crippen LogP contribution in [-0.2, 0) is 16.1 Å². The van der Waals surface area contributed by atoms with Crippen molar-refractivity contribution in [1.82, 2.24) is 10.6 Å². The van der Waals surface area contributed by atoms with Crippen LogP contribution in [0.1, 0.15) is 18.1 Å². The molecule has 2 N–H and O–H groups in total. The van der Waals surface area contributed by atoms with E-state index >= 15 is 0 Å². The fraction of sp³-hybridized carbons (Fsp3) is 0.238. The molecule has 0 aliphatic heterocycles. The number of benzene rings is 2. The van der Waals surface area contributed by atoms with Crippen molar-refractivity contribution in [3.8, 4) is 11.5 Å². The van der Waals surface area contributed by atoms with E-state index in [1.54, 1.807) is 43.1 Å². The van der Waals surface area contributed by atoms with Crippen molar-refractivity contribution >= 4 is 29.7 Å². The van der Waals surface area contributed by atoms with Gasteiger partial charge < -0.3 is 20.1 Å². The van der Waals surface area contributed by atoms with Crippen molar-refractivity contribution in [3.63, 3.8) is 0 Å². The quantitative estimate of drug-likeness (QED) is 0.526. The van der Waals surface area contributed by atoms with Crippen molar-refractivity contribution in [1.29, 1.82) is 0 Å². The van der Waals surface area contributed by atoms with E-state index in [1.807, 2.05) is 30.5 Å². The van der Waals surface area contributed by atoms with E-state index in [2.05, 4.69) is 10.6 Å². The lowest BCUT2D eigenvalue weighted by atomic mass is 10.1. The molecule has 0 aliphatic carbocycles. The van der Waals surface area contributed by atoms with Gasteiger partial charge >= 0.3 is 0 Å². The Morgan fingerprint density at radius 3 is 2.29 bits per heavy atom. The lowest BCUT2D eigenvalue weighted by Gasteiger charge is -2.11. The van der Waals surface area contributed by atoms with Gasteiger partial charge in [0.15, 0.2) is 11.5 Å². The van der Waals surface area contributed by atoms with E-state index in [0.29, 0.717) is 23.6 Å². The molecule has 2 aromatic rings. The molecular weight excluding hydrogens is 376 g/mol. The Bertz CT molecular complexity index is 863. The van der Waals surface area contributed by atoms with Crippen molar-refractivity contribution in [2.24, 2.45) is 0 Å². The molecule has 0 aromatic heterocycles. The second kappa shape index (κ2) is 10.4. The molecule has 0 saturated carbocycles. The van der Waals surface area contributed by atoms with Crippen LogP contribution in [0.15, 0.2) is 53.1 Å². The number of nitrogens with one attached hydrogen (secondary N) is 2. The molecule has 0 aliphatic rings. The maximum atomic E-state index is 12.6. The summed E-state index contributed by atoms with van der Waals surface area (Å²) >= 11 is 1.66. The Hall–Kier alpha value is -2.93. The van der Waals surface area contributed by atoms with Gasteiger partial charge in [-0.1, -0.05) is 18.2 Å². The fourth-order valence-electron chi connectivity index (χ4n) is 2.48. The minimum Gasteiger partial charge on any atom is -0.493 e. The Morgan fingerprint density at radius 2 is 1.71 bits per heavy atom. The highest BCUT2D eigenvalue weighted by molar-refractivity contribution is 7.98. The summed E-state index contributed by atoms with van der Waals surface area (Å²) in [6, 6.07) is 13.2. The van der Waals surface area contributed by atoms with Crippen molar-refractivity contribution in [2.75, 3.05) is 20.5 Å². The van der Waals surface area contributed by atoms with Crippen molar-refractivity contribution in [2.45, 2.75) is 18.4 Å². The van der Waals surface area contributed by atoms with Crippen molar-refractivity contribution < 1.29 is 19.1 Å². The van der Waals surface area contributed by atoms with Crippen LogP contribution in [-0.4, -0.2) is 32.3 Å². The second-order valence-electron chi connectivity index (χ2n) is 5.88. The molecule has 28 heavy (non-hydrogen) atoms. The summed E-state index contributed by atoms with van der Waals surface area (Å²) in [5, 5.41) is 5.41. The molecule has 0 bridgehead atoms. The van der Waals surface area contributed by atoms with Gasteiger partial charge in [-0.2, -0.15) is 0 Å². The molecule has 6 nitrogen and oxygen atoms in total. The van der Waals surface area contributed by atoms with Gasteiger partial charge in [0.2, 0.25) is 5.91 Å². The number of hydrogen-bond donors (Lipinski definition) is 2. The zero-order valence-electron chi connectivity index (χ0n) is 16.4. The maximum absolute atomic E-state index is 12.6. The Labute approximate surface area is 169 Å². The van der Waals surface area contributed by atoms with E-state index < -0.39 is 0 Å². The van der Waals surface area contributed by atoms with E-state index in [-0.39, 0.29) is 17.5 Å². The summed E-state index contributed by atoms with van der Waals surface area (Å²) < 4.78 is 10.5. The SMILES string of the molecule is COc1ccc(/C=C(\NC(C)=O)C(=O)NCc2ccc(SC)cc2)cc1OC. The molecule has 0 heterocycles. The summed E-state index contributed by atoms with van der Waals surface area (Å²) in [5.74, 6) is 0.414. The second-order valence-corrected chi connectivity index (χ2v) is 6.76. The predicted octanol–water partition coefficient (Wildman–Crippen LogP) is 3.22. The number of carbonyl (C=O) groups excluding carboxylic acids is 2. The van der Waals surface area contributed by atoms with Crippen molar-refractivity contribution in [3.05, 3.63) is 59.3 Å². The Kier molecular flexibility index (Phi) is 7.95. The third kappa shape index (κ3) is 6.06. The van der Waals surface area contributed by atoms with E-state index in [4.69, 9.17) is 9.47 Å². The Balaban J connectivity index is 2.18. The van der Waals surface area contributed by atoms with Gasteiger partial charge in [0.1, 0.15) is 5.70 Å². The van der Waals surface area contributed by atoms with Crippen LogP contribution >= 0.6 is 11.8 Å². The van der Waals surface area contributed by atoms with Crippen LogP contribution in [0, 0.1) is 0 Å². The molecule has 148 valence electrons. The van der Waals surface area contributed by atoms with Gasteiger partial charge in [-0.3, -0.25) is 9.59 Å². The minimum atomic E-state index is -0.376. The molecule has 0 unspecified atom stereocenters. The number of rotatable bonds is 8. The lowest BCUT2D eigenvalue weighted by molar-refractivity contribution is -0.122. The third-order valence-corrected chi connectivity index (χ3v) is 4.63. The number of amides is 2. The Morgan fingerprint density at radius 1 is 1.04 bits per heavy atom. The molecule has 0 radical (unpaired) electrons. The van der Waals surface area contributed by atoms with E-state index in [1.165, 1.54) is 14.0 Å². The molecule has 2 aromatic carbocycles. The standard InChI is InChI=1S/C21H24N2O4S/c1-14(24)23-18(11-16-7-10-19(26-2)20(12-16)27-3)21(25)22-13-15-5-8-17(28-4)9-6-15/h5-12H,13H2,1-4H3,(H,22,25)(H,23,24)/b18-11-. The van der Waals surface area contributed by atoms with Crippen LogP contribution in [0.2, 0.25) is 0 Å². The average molecular weight is 401 g/mol. The summed E-state index contributed by atoms with van der Waals surface area (Å²) in [5.41, 5.74) is 1.82. The molecule has 0 fully saturated rings. The smallest absolute Gasteiger partial charge is 0.268 e. The predicted molar refractivity (Wildman–Crippen MR) is 111 cm³/mol. The normalized spacial score (nSPS) is 10.9. The molecule has 0 spiro atoms. The molecule has 0 saturated heterocycles. The van der Waals surface area contributed by atoms with Gasteiger partial charge in [-0.15, -0.1) is 11.8 Å². The molecule has 0 atom stereocenters. The summed E-state index contributed by atoms with van der Waals surface area (Å²) in [6.45, 7) is 1.72. The van der Waals surface area contributed by atoms with Crippen LogP contribution < -0.4 is 20.1 Å². The first-order chi connectivity index (χ1) is 13.5. The van der Waals surface area contributed by atoms with Crippen LogP contribution in [0.4, 0.5) is 0 Å². The van der Waals surface area contributed by atoms with Crippen LogP contribution in [0.25, 0.3) is 6.08 Å². The molecule has 2 amide bonds. The number of hydrogen-bond acceptors (Lipinski definition) is 5. The van der Waals surface area contributed by atoms with Gasteiger partial charge in [0.05, 0.1) is 14.2 Å². The molecule has 7 heteroatoms. The fourth-order valence-corrected chi connectivity index (χ4v) is 2.89. The third-order valence-electron chi connectivity index (χ3n) is 3.89. The van der Waals surface area contributed by atoms with Gasteiger partial charge in [-0.05, 0) is 47.7 Å². The average Bonchev–Trinajstić information content (AvgIpc) is 2.71. The van der Waals surface area contributed by atoms with Gasteiger partial charge in [0.25, 0.3) is 5.91 Å². The number of carbonyl (C=O) groups is 2. The van der Waals surface area contributed by atoms with Crippen LogP contribution in [0.3, 0.4) is 0 Å². The van der Waals surface area contributed by atoms with Gasteiger partial charge in [-0.25, -0.2) is 0 Å². The monoisotopic (exact) mass is 400 g/mol. The molecular formula is C21H24N2O4S. The number of ether oxygens (including phenoxy) is 2. The number of methoxy groups -OCH3 is 2. The minimum absolute atomic E-state index is 0.153. The first kappa shape index (κ1) is 21.4. The summed E-state index contributed by atoms with van der Waals surface area (Å²) in [4.78, 5) is 25.3. The highest BCUT2D eigenvalue weighted by atomic mass is 32.2.